The SMILES string of the molecule is C/C=C/C[C@@H](C)[C@@H](O)[C@H]1C(=O)N[C@@H](CC)C(=O)N(C)[C@H](CS(=O)(=O)C(C)(C)CN2CCOCC2)C(=O)N(C)[C@@H](CC(C)C)C(=O)N[C@@H](C(C)C)C(=O)N(C)[C@@H](CC(C)C)C(=O)N[C@@H](C)C(=O)N[C@H](C)C(=O)N(C)[C@@H](CC(C)C)C(=O)N(C)[C@@H](CC(C)C)C(=O)N(C)[C@@H](C(C)C)C(=O)N1C. The molecule has 2 heterocycles. The van der Waals surface area contributed by atoms with Crippen molar-refractivity contribution in [1.29, 1.82) is 0 Å². The Balaban J connectivity index is 3.21. The third-order valence-corrected chi connectivity index (χ3v) is 21.9. The van der Waals surface area contributed by atoms with Crippen LogP contribution in [0.4, 0.5) is 0 Å². The van der Waals surface area contributed by atoms with Gasteiger partial charge >= 0.3 is 0 Å². The van der Waals surface area contributed by atoms with Crippen molar-refractivity contribution in [2.24, 2.45) is 41.4 Å². The minimum absolute atomic E-state index is 0.0225. The van der Waals surface area contributed by atoms with Crippen LogP contribution in [0.15, 0.2) is 12.2 Å². The van der Waals surface area contributed by atoms with Crippen molar-refractivity contribution in [3.63, 3.8) is 0 Å². The zero-order valence-corrected chi connectivity index (χ0v) is 65.6. The first-order valence-electron chi connectivity index (χ1n) is 35.6. The van der Waals surface area contributed by atoms with Gasteiger partial charge in [-0.05, 0) is 115 Å². The molecule has 0 unspecified atom stereocenters. The normalized spacial score (nSPS) is 27.0. The van der Waals surface area contributed by atoms with E-state index < -0.39 is 176 Å². The van der Waals surface area contributed by atoms with Crippen molar-refractivity contribution < 1.29 is 71.0 Å². The van der Waals surface area contributed by atoms with Crippen molar-refractivity contribution in [3.05, 3.63) is 12.2 Å². The molecule has 99 heavy (non-hydrogen) atoms. The highest BCUT2D eigenvalue weighted by Crippen LogP contribution is 2.28. The number of sulfone groups is 1. The van der Waals surface area contributed by atoms with Gasteiger partial charge in [0.2, 0.25) is 65.0 Å². The number of hydrogen-bond acceptors (Lipinski definition) is 16. The maximum atomic E-state index is 15.7. The molecule has 0 spiro atoms. The van der Waals surface area contributed by atoms with Crippen molar-refractivity contribution in [1.82, 2.24) is 60.5 Å². The van der Waals surface area contributed by atoms with Crippen LogP contribution in [0.25, 0.3) is 0 Å². The minimum atomic E-state index is -4.42. The van der Waals surface area contributed by atoms with E-state index in [1.165, 1.54) is 96.6 Å². The van der Waals surface area contributed by atoms with Crippen molar-refractivity contribution >= 4 is 74.8 Å². The largest absolute Gasteiger partial charge is 0.390 e. The van der Waals surface area contributed by atoms with Gasteiger partial charge in [0.25, 0.3) is 0 Å². The monoisotopic (exact) mass is 1420 g/mol. The average molecular weight is 1420 g/mol. The molecule has 2 aliphatic rings. The lowest BCUT2D eigenvalue weighted by Gasteiger charge is -2.42. The smallest absolute Gasteiger partial charge is 0.246 e. The maximum absolute atomic E-state index is 15.7. The van der Waals surface area contributed by atoms with Gasteiger partial charge in [0, 0.05) is 69.0 Å². The lowest BCUT2D eigenvalue weighted by Crippen LogP contribution is -2.64. The Kier molecular flexibility index (Phi) is 35.2. The van der Waals surface area contributed by atoms with Gasteiger partial charge in [-0.2, -0.15) is 0 Å². The first kappa shape index (κ1) is 88.8. The highest BCUT2D eigenvalue weighted by atomic mass is 32.2. The first-order chi connectivity index (χ1) is 45.6. The number of nitrogens with one attached hydrogen (secondary N) is 4. The molecule has 0 radical (unpaired) electrons. The molecule has 0 aliphatic carbocycles. The van der Waals surface area contributed by atoms with E-state index in [9.17, 15) is 24.3 Å². The molecular formula is C71H128N12O15S. The summed E-state index contributed by atoms with van der Waals surface area (Å²) in [6.45, 7) is 34.0. The van der Waals surface area contributed by atoms with Crippen LogP contribution in [0.2, 0.25) is 0 Å². The van der Waals surface area contributed by atoms with Gasteiger partial charge in [-0.3, -0.25) is 57.6 Å². The third-order valence-electron chi connectivity index (χ3n) is 19.3. The predicted molar refractivity (Wildman–Crippen MR) is 382 cm³/mol. The van der Waals surface area contributed by atoms with Gasteiger partial charge in [-0.15, -0.1) is 0 Å². The minimum Gasteiger partial charge on any atom is -0.390 e. The van der Waals surface area contributed by atoms with Crippen LogP contribution < -0.4 is 21.3 Å². The summed E-state index contributed by atoms with van der Waals surface area (Å²) in [5, 5.41) is 23.3. The number of rotatable bonds is 20. The van der Waals surface area contributed by atoms with E-state index >= 15 is 42.0 Å². The van der Waals surface area contributed by atoms with Gasteiger partial charge in [0.15, 0.2) is 9.84 Å². The molecule has 13 atom stereocenters. The second-order valence-corrected chi connectivity index (χ2v) is 33.4. The molecule has 0 bridgehead atoms. The second-order valence-electron chi connectivity index (χ2n) is 30.7. The Labute approximate surface area is 592 Å². The van der Waals surface area contributed by atoms with Crippen LogP contribution in [0.3, 0.4) is 0 Å². The molecule has 28 heteroatoms. The van der Waals surface area contributed by atoms with Crippen LogP contribution >= 0.6 is 0 Å². The number of aliphatic hydroxyl groups is 1. The Morgan fingerprint density at radius 1 is 0.495 bits per heavy atom. The number of morpholine rings is 1. The van der Waals surface area contributed by atoms with Gasteiger partial charge in [0.1, 0.15) is 66.5 Å². The van der Waals surface area contributed by atoms with Gasteiger partial charge in [-0.25, -0.2) is 8.42 Å². The Bertz CT molecular complexity index is 2900. The summed E-state index contributed by atoms with van der Waals surface area (Å²) >= 11 is 0. The second kappa shape index (κ2) is 39.2. The topological polar surface area (TPSA) is 325 Å². The molecule has 27 nitrogen and oxygen atoms in total. The van der Waals surface area contributed by atoms with Crippen molar-refractivity contribution in [2.75, 3.05) is 87.9 Å². The van der Waals surface area contributed by atoms with E-state index in [-0.39, 0.29) is 68.7 Å². The van der Waals surface area contributed by atoms with E-state index in [1.807, 2.05) is 46.4 Å². The average Bonchev–Trinajstić information content (AvgIpc) is 0.800. The zero-order chi connectivity index (χ0) is 76.4. The van der Waals surface area contributed by atoms with Gasteiger partial charge < -0.3 is 65.4 Å². The lowest BCUT2D eigenvalue weighted by molar-refractivity contribution is -0.157. The summed E-state index contributed by atoms with van der Waals surface area (Å²) in [6.07, 6.45) is 2.31. The molecule has 2 fully saturated rings. The fourth-order valence-corrected chi connectivity index (χ4v) is 14.4. The number of carbonyl (C=O) groups is 11. The fourth-order valence-electron chi connectivity index (χ4n) is 12.8. The van der Waals surface area contributed by atoms with Crippen molar-refractivity contribution in [2.45, 2.75) is 247 Å². The van der Waals surface area contributed by atoms with Crippen LogP contribution in [-0.4, -0.2) is 283 Å². The van der Waals surface area contributed by atoms with E-state index in [0.717, 1.165) is 14.7 Å². The molecule has 5 N–H and O–H groups in total. The molecule has 2 saturated heterocycles. The van der Waals surface area contributed by atoms with E-state index in [4.69, 9.17) is 4.74 Å². The quantitative estimate of drug-likeness (QED) is 0.109. The zero-order valence-electron chi connectivity index (χ0n) is 64.8. The van der Waals surface area contributed by atoms with E-state index in [1.54, 1.807) is 74.5 Å². The molecule has 11 amide bonds. The number of carbonyl (C=O) groups excluding carboxylic acids is 11. The molecule has 0 aromatic rings. The van der Waals surface area contributed by atoms with Crippen molar-refractivity contribution in [3.8, 4) is 0 Å². The third kappa shape index (κ3) is 24.2. The maximum Gasteiger partial charge on any atom is 0.246 e. The summed E-state index contributed by atoms with van der Waals surface area (Å²) in [4.78, 5) is 175. The molecule has 0 saturated carbocycles. The van der Waals surface area contributed by atoms with E-state index in [0.29, 0.717) is 26.3 Å². The van der Waals surface area contributed by atoms with Crippen LogP contribution in [-0.2, 0) is 67.3 Å². The standard InChI is InChI=1S/C71H128N12O15S/c1-27-29-30-47(15)59(84)58-63(88)74-50(28-2)65(90)80(24)55(39-99(96,97)71(18,19)40-83-31-33-98-34-32-83)68(93)76(20)52(36-42(5)6)62(87)75-56(45(11)12)69(94)77(21)51(35-41(3)4)61(86)72-48(16)60(85)73-49(17)64(89)78(22)53(37-43(7)8)66(91)79(23)54(38-44(9)10)67(92)81(25)57(46(13)14)70(95)82(58)26/h27,29,41-59,84H,28,30-40H2,1-26H3,(H,72,86)(H,73,85)(H,74,88)(H,75,87)/b29-27+/t47-,48+,49-,50+,51+,52+,53+,54+,55-,56+,57+,58+,59-/m1/s1. The van der Waals surface area contributed by atoms with Crippen LogP contribution in [0, 0.1) is 41.4 Å². The highest BCUT2D eigenvalue weighted by Gasteiger charge is 2.48. The molecule has 0 aromatic carbocycles. The lowest BCUT2D eigenvalue weighted by atomic mass is 9.91. The summed E-state index contributed by atoms with van der Waals surface area (Å²) in [5.74, 6) is -12.4. The molecule has 0 aromatic heterocycles. The highest BCUT2D eigenvalue weighted by molar-refractivity contribution is 7.92. The summed E-state index contributed by atoms with van der Waals surface area (Å²) in [7, 11) is 5.10. The first-order valence-corrected chi connectivity index (χ1v) is 37.2. The number of amides is 11. The summed E-state index contributed by atoms with van der Waals surface area (Å²) in [5.41, 5.74) is 0. The molecule has 2 rings (SSSR count). The van der Waals surface area contributed by atoms with Gasteiger partial charge in [0.05, 0.1) is 29.8 Å². The Morgan fingerprint density at radius 2 is 0.899 bits per heavy atom. The number of allylic oxidation sites excluding steroid dienone is 2. The van der Waals surface area contributed by atoms with Gasteiger partial charge in [-0.1, -0.05) is 109 Å². The van der Waals surface area contributed by atoms with Crippen LogP contribution in [0.5, 0.6) is 0 Å². The van der Waals surface area contributed by atoms with E-state index in [2.05, 4.69) is 21.3 Å². The predicted octanol–water partition coefficient (Wildman–Crippen LogP) is 3.16. The number of nitrogens with zero attached hydrogens (tertiary/aromatic N) is 8. The Hall–Kier alpha value is -6.26. The fraction of sp³-hybridized carbons (Fsp3) is 0.817. The number of likely N-dealkylation sites (N-methyl/N-ethyl adjacent to an activating group) is 7. The summed E-state index contributed by atoms with van der Waals surface area (Å²) in [6, 6.07) is -15.4. The summed E-state index contributed by atoms with van der Waals surface area (Å²) < 4.78 is 34.2. The Morgan fingerprint density at radius 3 is 1.35 bits per heavy atom. The molecule has 2 aliphatic heterocycles. The van der Waals surface area contributed by atoms with Crippen LogP contribution in [0.1, 0.15) is 170 Å². The number of ether oxygens (including phenoxy) is 1. The molecule has 568 valence electrons. The number of aliphatic hydroxyl groups excluding tert-OH is 1. The number of hydrogen-bond donors (Lipinski definition) is 5. The molecular weight excluding hydrogens is 1290 g/mol.